The van der Waals surface area contributed by atoms with E-state index < -0.39 is 0 Å². The monoisotopic (exact) mass is 286 g/mol. The van der Waals surface area contributed by atoms with Crippen molar-refractivity contribution in [3.05, 3.63) is 28.2 Å². The van der Waals surface area contributed by atoms with Crippen LogP contribution >= 0.6 is 15.9 Å². The third-order valence-electron chi connectivity index (χ3n) is 2.22. The van der Waals surface area contributed by atoms with Crippen LogP contribution < -0.4 is 5.73 Å². The van der Waals surface area contributed by atoms with Gasteiger partial charge in [-0.1, -0.05) is 15.9 Å². The van der Waals surface area contributed by atoms with E-state index in [9.17, 15) is 4.79 Å². The van der Waals surface area contributed by atoms with Crippen LogP contribution in [0.25, 0.3) is 0 Å². The number of anilines is 1. The van der Waals surface area contributed by atoms with E-state index in [1.165, 1.54) is 0 Å². The molecule has 0 aliphatic carbocycles. The number of halogens is 1. The summed E-state index contributed by atoms with van der Waals surface area (Å²) in [5.41, 5.74) is 6.77. The van der Waals surface area contributed by atoms with Crippen molar-refractivity contribution in [2.75, 3.05) is 33.0 Å². The zero-order chi connectivity index (χ0) is 12.1. The maximum absolute atomic E-state index is 12.0. The molecule has 1 aromatic carbocycles. The van der Waals surface area contributed by atoms with Gasteiger partial charge >= 0.3 is 0 Å². The number of carbonyl (C=O) groups is 1. The third kappa shape index (κ3) is 3.21. The Kier molecular flexibility index (Phi) is 4.76. The molecule has 4 nitrogen and oxygen atoms in total. The van der Waals surface area contributed by atoms with Gasteiger partial charge in [-0.25, -0.2) is 0 Å². The van der Waals surface area contributed by atoms with Crippen molar-refractivity contribution in [3.63, 3.8) is 0 Å². The summed E-state index contributed by atoms with van der Waals surface area (Å²) in [6, 6.07) is 5.23. The predicted octanol–water partition coefficient (Wildman–Crippen LogP) is 1.75. The molecule has 0 saturated heterocycles. The molecule has 0 aliphatic rings. The van der Waals surface area contributed by atoms with Crippen molar-refractivity contribution in [2.45, 2.75) is 0 Å². The number of hydrogen-bond donors (Lipinski definition) is 1. The van der Waals surface area contributed by atoms with E-state index in [0.717, 1.165) is 4.47 Å². The molecule has 0 saturated carbocycles. The minimum absolute atomic E-state index is 0.0953. The number of ether oxygens (including phenoxy) is 1. The lowest BCUT2D eigenvalue weighted by molar-refractivity contribution is 0.0745. The highest BCUT2D eigenvalue weighted by Crippen LogP contribution is 2.19. The normalized spacial score (nSPS) is 10.2. The second-order valence-electron chi connectivity index (χ2n) is 3.45. The third-order valence-corrected chi connectivity index (χ3v) is 2.71. The highest BCUT2D eigenvalue weighted by Gasteiger charge is 2.14. The Bertz CT molecular complexity index is 382. The van der Waals surface area contributed by atoms with E-state index in [1.807, 2.05) is 0 Å². The lowest BCUT2D eigenvalue weighted by Crippen LogP contribution is -2.30. The van der Waals surface area contributed by atoms with Crippen LogP contribution in [0.2, 0.25) is 0 Å². The van der Waals surface area contributed by atoms with E-state index >= 15 is 0 Å². The molecule has 0 radical (unpaired) electrons. The molecule has 1 amide bonds. The predicted molar refractivity (Wildman–Crippen MR) is 67.4 cm³/mol. The number of carbonyl (C=O) groups excluding carboxylic acids is 1. The zero-order valence-electron chi connectivity index (χ0n) is 9.37. The van der Waals surface area contributed by atoms with Crippen molar-refractivity contribution < 1.29 is 9.53 Å². The van der Waals surface area contributed by atoms with E-state index in [4.69, 9.17) is 10.5 Å². The lowest BCUT2D eigenvalue weighted by Gasteiger charge is -2.17. The summed E-state index contributed by atoms with van der Waals surface area (Å²) in [5, 5.41) is 0. The summed E-state index contributed by atoms with van der Waals surface area (Å²) in [7, 11) is 3.33. The van der Waals surface area contributed by atoms with Gasteiger partial charge in [-0.05, 0) is 18.2 Å². The maximum Gasteiger partial charge on any atom is 0.255 e. The van der Waals surface area contributed by atoms with Crippen molar-refractivity contribution >= 4 is 27.5 Å². The van der Waals surface area contributed by atoms with Gasteiger partial charge < -0.3 is 15.4 Å². The Morgan fingerprint density at radius 2 is 2.25 bits per heavy atom. The first-order valence-electron chi connectivity index (χ1n) is 4.85. The van der Waals surface area contributed by atoms with Crippen LogP contribution in [-0.2, 0) is 4.74 Å². The Balaban J connectivity index is 2.79. The zero-order valence-corrected chi connectivity index (χ0v) is 11.0. The van der Waals surface area contributed by atoms with E-state index in [2.05, 4.69) is 15.9 Å². The molecule has 0 atom stereocenters. The van der Waals surface area contributed by atoms with Gasteiger partial charge in [-0.3, -0.25) is 4.79 Å². The van der Waals surface area contributed by atoms with Gasteiger partial charge in [0.1, 0.15) is 0 Å². The topological polar surface area (TPSA) is 55.6 Å². The average molecular weight is 287 g/mol. The molecule has 0 fully saturated rings. The van der Waals surface area contributed by atoms with Crippen LogP contribution in [0.4, 0.5) is 5.69 Å². The van der Waals surface area contributed by atoms with Gasteiger partial charge in [0.25, 0.3) is 5.91 Å². The second kappa shape index (κ2) is 5.86. The van der Waals surface area contributed by atoms with Crippen molar-refractivity contribution in [1.29, 1.82) is 0 Å². The SMILES string of the molecule is COCCN(C)C(=O)c1ccc(Br)cc1N. The van der Waals surface area contributed by atoms with Gasteiger partial charge in [-0.15, -0.1) is 0 Å². The number of likely N-dealkylation sites (N-methyl/N-ethyl adjacent to an activating group) is 1. The fraction of sp³-hybridized carbons (Fsp3) is 0.364. The lowest BCUT2D eigenvalue weighted by atomic mass is 10.1. The highest BCUT2D eigenvalue weighted by atomic mass is 79.9. The molecule has 0 aromatic heterocycles. The summed E-state index contributed by atoms with van der Waals surface area (Å²) in [6.45, 7) is 1.06. The van der Waals surface area contributed by atoms with Gasteiger partial charge in [-0.2, -0.15) is 0 Å². The largest absolute Gasteiger partial charge is 0.398 e. The van der Waals surface area contributed by atoms with Gasteiger partial charge in [0, 0.05) is 30.9 Å². The molecule has 16 heavy (non-hydrogen) atoms. The fourth-order valence-electron chi connectivity index (χ4n) is 1.26. The summed E-state index contributed by atoms with van der Waals surface area (Å²) < 4.78 is 5.78. The number of benzene rings is 1. The quantitative estimate of drug-likeness (QED) is 0.858. The second-order valence-corrected chi connectivity index (χ2v) is 4.37. The van der Waals surface area contributed by atoms with Crippen LogP contribution in [-0.4, -0.2) is 38.1 Å². The highest BCUT2D eigenvalue weighted by molar-refractivity contribution is 9.10. The minimum atomic E-state index is -0.0953. The van der Waals surface area contributed by atoms with Crippen molar-refractivity contribution in [3.8, 4) is 0 Å². The Morgan fingerprint density at radius 3 is 2.81 bits per heavy atom. The summed E-state index contributed by atoms with van der Waals surface area (Å²) in [4.78, 5) is 13.5. The van der Waals surface area contributed by atoms with E-state index in [1.54, 1.807) is 37.3 Å². The number of nitrogens with two attached hydrogens (primary N) is 1. The number of methoxy groups -OCH3 is 1. The summed E-state index contributed by atoms with van der Waals surface area (Å²) in [6.07, 6.45) is 0. The number of nitrogens with zero attached hydrogens (tertiary/aromatic N) is 1. The molecule has 1 aromatic rings. The Hall–Kier alpha value is -1.07. The number of nitrogen functional groups attached to an aromatic ring is 1. The van der Waals surface area contributed by atoms with Crippen LogP contribution in [0.3, 0.4) is 0 Å². The number of amides is 1. The van der Waals surface area contributed by atoms with Gasteiger partial charge in [0.2, 0.25) is 0 Å². The molecule has 0 spiro atoms. The molecule has 0 aliphatic heterocycles. The van der Waals surface area contributed by atoms with Crippen molar-refractivity contribution in [1.82, 2.24) is 4.90 Å². The standard InChI is InChI=1S/C11H15BrN2O2/c1-14(5-6-16-2)11(15)9-4-3-8(12)7-10(9)13/h3-4,7H,5-6,13H2,1-2H3. The first kappa shape index (κ1) is 13.0. The molecular formula is C11H15BrN2O2. The van der Waals surface area contributed by atoms with E-state index in [0.29, 0.717) is 24.4 Å². The van der Waals surface area contributed by atoms with Gasteiger partial charge in [0.15, 0.2) is 0 Å². The first-order chi connectivity index (χ1) is 7.56. The first-order valence-corrected chi connectivity index (χ1v) is 5.65. The smallest absolute Gasteiger partial charge is 0.255 e. The molecule has 0 heterocycles. The molecule has 1 rings (SSSR count). The number of rotatable bonds is 4. The maximum atomic E-state index is 12.0. The Labute approximate surface area is 103 Å². The van der Waals surface area contributed by atoms with Gasteiger partial charge in [0.05, 0.1) is 12.2 Å². The minimum Gasteiger partial charge on any atom is -0.398 e. The Morgan fingerprint density at radius 1 is 1.56 bits per heavy atom. The molecule has 0 bridgehead atoms. The van der Waals surface area contributed by atoms with Crippen LogP contribution in [0.1, 0.15) is 10.4 Å². The summed E-state index contributed by atoms with van der Waals surface area (Å²) >= 11 is 3.30. The molecule has 0 unspecified atom stereocenters. The van der Waals surface area contributed by atoms with E-state index in [-0.39, 0.29) is 5.91 Å². The molecular weight excluding hydrogens is 272 g/mol. The summed E-state index contributed by atoms with van der Waals surface area (Å²) in [5.74, 6) is -0.0953. The fourth-order valence-corrected chi connectivity index (χ4v) is 1.64. The van der Waals surface area contributed by atoms with Crippen LogP contribution in [0.15, 0.2) is 22.7 Å². The van der Waals surface area contributed by atoms with Crippen molar-refractivity contribution in [2.24, 2.45) is 0 Å². The molecule has 2 N–H and O–H groups in total. The number of hydrogen-bond acceptors (Lipinski definition) is 3. The molecule has 5 heteroatoms. The average Bonchev–Trinajstić information content (AvgIpc) is 2.25. The molecule has 88 valence electrons. The van der Waals surface area contributed by atoms with Crippen LogP contribution in [0.5, 0.6) is 0 Å². The van der Waals surface area contributed by atoms with Crippen LogP contribution in [0, 0.1) is 0 Å².